The average molecular weight is 410 g/mol. The first kappa shape index (κ1) is 20.8. The summed E-state index contributed by atoms with van der Waals surface area (Å²) in [6.07, 6.45) is 3.14. The second-order valence-electron chi connectivity index (χ2n) is 8.53. The summed E-state index contributed by atoms with van der Waals surface area (Å²) in [5, 5.41) is 21.3. The number of fused-ring (bicyclic) bond motifs is 1. The van der Waals surface area contributed by atoms with Crippen molar-refractivity contribution in [3.63, 3.8) is 0 Å². The monoisotopic (exact) mass is 409 g/mol. The van der Waals surface area contributed by atoms with Gasteiger partial charge >= 0.3 is 5.97 Å². The summed E-state index contributed by atoms with van der Waals surface area (Å²) >= 11 is 0. The van der Waals surface area contributed by atoms with Gasteiger partial charge in [0, 0.05) is 18.5 Å². The van der Waals surface area contributed by atoms with Crippen LogP contribution in [0.5, 0.6) is 0 Å². The number of halogens is 1. The van der Waals surface area contributed by atoms with E-state index in [9.17, 15) is 19.4 Å². The summed E-state index contributed by atoms with van der Waals surface area (Å²) in [6, 6.07) is 12.5. The number of carbonyl (C=O) groups is 1. The minimum absolute atomic E-state index is 0.0331. The first-order valence-electron chi connectivity index (χ1n) is 10.6. The number of hydrogen-bond donors (Lipinski definition) is 2. The molecule has 0 saturated heterocycles. The van der Waals surface area contributed by atoms with Crippen molar-refractivity contribution in [2.75, 3.05) is 13.1 Å². The highest BCUT2D eigenvalue weighted by Crippen LogP contribution is 2.52. The van der Waals surface area contributed by atoms with E-state index < -0.39 is 11.6 Å². The van der Waals surface area contributed by atoms with Gasteiger partial charge < -0.3 is 10.2 Å². The standard InChI is InChI=1S/C25H28FNO3/c1-3-27-11-10-18(13-20(27)14-24(28)29)25(30)15-22(17-5-7-19(26)8-6-17)21-9-4-16(2)12-23(21)25/h4-10,12,20,22,30H,3,11,13-15H2,1-2H3,(H,28,29). The quantitative estimate of drug-likeness (QED) is 0.721. The Bertz CT molecular complexity index is 984. The molecule has 0 radical (unpaired) electrons. The molecule has 4 nitrogen and oxygen atoms in total. The summed E-state index contributed by atoms with van der Waals surface area (Å²) in [7, 11) is 0. The van der Waals surface area contributed by atoms with Crippen LogP contribution >= 0.6 is 0 Å². The largest absolute Gasteiger partial charge is 0.481 e. The Labute approximate surface area is 176 Å². The first-order valence-corrected chi connectivity index (χ1v) is 10.6. The van der Waals surface area contributed by atoms with Gasteiger partial charge in [-0.3, -0.25) is 9.69 Å². The molecule has 2 aromatic carbocycles. The minimum Gasteiger partial charge on any atom is -0.481 e. The van der Waals surface area contributed by atoms with E-state index in [1.54, 1.807) is 12.1 Å². The fourth-order valence-corrected chi connectivity index (χ4v) is 5.11. The lowest BCUT2D eigenvalue weighted by Gasteiger charge is -2.39. The van der Waals surface area contributed by atoms with Gasteiger partial charge in [0.05, 0.1) is 6.42 Å². The molecule has 0 saturated carbocycles. The molecular weight excluding hydrogens is 381 g/mol. The predicted octanol–water partition coefficient (Wildman–Crippen LogP) is 4.35. The van der Waals surface area contributed by atoms with Crippen LogP contribution in [0.1, 0.15) is 54.4 Å². The zero-order chi connectivity index (χ0) is 21.5. The number of carboxylic acids is 1. The zero-order valence-corrected chi connectivity index (χ0v) is 17.4. The maximum Gasteiger partial charge on any atom is 0.304 e. The van der Waals surface area contributed by atoms with Crippen molar-refractivity contribution in [2.24, 2.45) is 0 Å². The second kappa shape index (κ2) is 7.97. The number of aliphatic hydroxyl groups is 1. The third-order valence-electron chi connectivity index (χ3n) is 6.69. The molecule has 3 unspecified atom stereocenters. The highest BCUT2D eigenvalue weighted by atomic mass is 19.1. The molecule has 0 bridgehead atoms. The van der Waals surface area contributed by atoms with Crippen LogP contribution in [0, 0.1) is 12.7 Å². The van der Waals surface area contributed by atoms with E-state index in [-0.39, 0.29) is 24.2 Å². The molecule has 0 fully saturated rings. The lowest BCUT2D eigenvalue weighted by Crippen LogP contribution is -2.43. The second-order valence-corrected chi connectivity index (χ2v) is 8.53. The van der Waals surface area contributed by atoms with E-state index in [2.05, 4.69) is 17.0 Å². The molecule has 0 spiro atoms. The predicted molar refractivity (Wildman–Crippen MR) is 114 cm³/mol. The van der Waals surface area contributed by atoms with Crippen LogP contribution in [0.4, 0.5) is 4.39 Å². The third kappa shape index (κ3) is 3.68. The number of aryl methyl sites for hydroxylation is 1. The molecule has 1 heterocycles. The molecule has 0 amide bonds. The molecule has 1 aliphatic carbocycles. The average Bonchev–Trinajstić information content (AvgIpc) is 3.01. The Hall–Kier alpha value is -2.50. The van der Waals surface area contributed by atoms with Crippen molar-refractivity contribution in [2.45, 2.75) is 50.7 Å². The Morgan fingerprint density at radius 2 is 1.97 bits per heavy atom. The van der Waals surface area contributed by atoms with Crippen LogP contribution in [0.25, 0.3) is 0 Å². The van der Waals surface area contributed by atoms with Crippen molar-refractivity contribution in [1.82, 2.24) is 4.90 Å². The Balaban J connectivity index is 1.74. The third-order valence-corrected chi connectivity index (χ3v) is 6.69. The topological polar surface area (TPSA) is 60.8 Å². The fraction of sp³-hybridized carbons (Fsp3) is 0.400. The van der Waals surface area contributed by atoms with Gasteiger partial charge in [0.1, 0.15) is 11.4 Å². The number of aliphatic carboxylic acids is 1. The molecule has 30 heavy (non-hydrogen) atoms. The van der Waals surface area contributed by atoms with Gasteiger partial charge in [0.2, 0.25) is 0 Å². The van der Waals surface area contributed by atoms with E-state index in [4.69, 9.17) is 0 Å². The summed E-state index contributed by atoms with van der Waals surface area (Å²) in [5.74, 6) is -1.13. The molecule has 1 aliphatic heterocycles. The fourth-order valence-electron chi connectivity index (χ4n) is 5.11. The van der Waals surface area contributed by atoms with Crippen molar-refractivity contribution < 1.29 is 19.4 Å². The summed E-state index contributed by atoms with van der Waals surface area (Å²) in [6.45, 7) is 5.44. The van der Waals surface area contributed by atoms with Gasteiger partial charge in [0.15, 0.2) is 0 Å². The lowest BCUT2D eigenvalue weighted by molar-refractivity contribution is -0.138. The summed E-state index contributed by atoms with van der Waals surface area (Å²) in [4.78, 5) is 13.5. The van der Waals surface area contributed by atoms with Gasteiger partial charge in [-0.25, -0.2) is 4.39 Å². The summed E-state index contributed by atoms with van der Waals surface area (Å²) in [5.41, 5.74) is 3.75. The lowest BCUT2D eigenvalue weighted by atomic mass is 9.80. The van der Waals surface area contributed by atoms with Crippen molar-refractivity contribution in [1.29, 1.82) is 0 Å². The minimum atomic E-state index is -1.14. The van der Waals surface area contributed by atoms with Crippen LogP contribution in [-0.4, -0.2) is 40.2 Å². The molecule has 2 aliphatic rings. The molecule has 0 aromatic heterocycles. The van der Waals surface area contributed by atoms with E-state index in [0.29, 0.717) is 19.4 Å². The normalized spacial score (nSPS) is 26.3. The van der Waals surface area contributed by atoms with Gasteiger partial charge in [0.25, 0.3) is 0 Å². The van der Waals surface area contributed by atoms with Crippen molar-refractivity contribution >= 4 is 5.97 Å². The molecule has 4 rings (SSSR count). The number of rotatable bonds is 5. The van der Waals surface area contributed by atoms with E-state index >= 15 is 0 Å². The maximum absolute atomic E-state index is 13.5. The SMILES string of the molecule is CCN1CC=C(C2(O)CC(c3ccc(F)cc3)c3ccc(C)cc32)CC1CC(=O)O. The highest BCUT2D eigenvalue weighted by Gasteiger charge is 2.46. The van der Waals surface area contributed by atoms with E-state index in [1.807, 2.05) is 26.0 Å². The Morgan fingerprint density at radius 3 is 2.63 bits per heavy atom. The first-order chi connectivity index (χ1) is 14.3. The number of nitrogens with zero attached hydrogens (tertiary/aromatic N) is 1. The molecular formula is C25H28FNO3. The zero-order valence-electron chi connectivity index (χ0n) is 17.4. The number of hydrogen-bond acceptors (Lipinski definition) is 3. The highest BCUT2D eigenvalue weighted by molar-refractivity contribution is 5.67. The van der Waals surface area contributed by atoms with Crippen LogP contribution < -0.4 is 0 Å². The Kier molecular flexibility index (Phi) is 5.51. The van der Waals surface area contributed by atoms with E-state index in [1.165, 1.54) is 12.1 Å². The van der Waals surface area contributed by atoms with Gasteiger partial charge in [-0.1, -0.05) is 48.9 Å². The molecule has 3 atom stereocenters. The van der Waals surface area contributed by atoms with Gasteiger partial charge in [-0.05, 0) is 60.7 Å². The molecule has 2 N–H and O–H groups in total. The molecule has 158 valence electrons. The number of likely N-dealkylation sites (N-methyl/N-ethyl adjacent to an activating group) is 1. The van der Waals surface area contributed by atoms with Gasteiger partial charge in [-0.2, -0.15) is 0 Å². The van der Waals surface area contributed by atoms with Crippen molar-refractivity contribution in [3.8, 4) is 0 Å². The summed E-state index contributed by atoms with van der Waals surface area (Å²) < 4.78 is 13.5. The number of carboxylic acid groups (broad SMARTS) is 1. The smallest absolute Gasteiger partial charge is 0.304 e. The maximum atomic E-state index is 13.5. The van der Waals surface area contributed by atoms with Crippen LogP contribution in [0.15, 0.2) is 54.1 Å². The van der Waals surface area contributed by atoms with Gasteiger partial charge in [-0.15, -0.1) is 0 Å². The van der Waals surface area contributed by atoms with Crippen molar-refractivity contribution in [3.05, 3.63) is 82.2 Å². The number of benzene rings is 2. The van der Waals surface area contributed by atoms with Crippen LogP contribution in [-0.2, 0) is 10.4 Å². The molecule has 5 heteroatoms. The molecule has 2 aromatic rings. The van der Waals surface area contributed by atoms with Crippen LogP contribution in [0.2, 0.25) is 0 Å². The Morgan fingerprint density at radius 1 is 1.23 bits per heavy atom. The van der Waals surface area contributed by atoms with Crippen LogP contribution in [0.3, 0.4) is 0 Å². The van der Waals surface area contributed by atoms with E-state index in [0.717, 1.165) is 34.4 Å².